The largest absolute Gasteiger partial charge is 0.338 e. The van der Waals surface area contributed by atoms with Gasteiger partial charge in [-0.1, -0.05) is 24.6 Å². The summed E-state index contributed by atoms with van der Waals surface area (Å²) in [6.45, 7) is 4.94. The normalized spacial score (nSPS) is 16.9. The number of carbonyl (C=O) groups excluding carboxylic acids is 1. The van der Waals surface area contributed by atoms with Crippen molar-refractivity contribution in [3.8, 4) is 0 Å². The second-order valence-electron chi connectivity index (χ2n) is 5.91. The van der Waals surface area contributed by atoms with Crippen molar-refractivity contribution >= 4 is 29.9 Å². The standard InChI is InChI=1S/C17H24ClFN2O.ClH/c1-2-10-21(12-14-15(18)4-3-5-16(14)19)17(22)7-6-13-8-9-20-11-13;/h3-5,13,20H,2,6-12H2,1H3;1H. The van der Waals surface area contributed by atoms with E-state index >= 15 is 0 Å². The minimum atomic E-state index is -0.346. The van der Waals surface area contributed by atoms with Gasteiger partial charge >= 0.3 is 0 Å². The van der Waals surface area contributed by atoms with E-state index in [1.54, 1.807) is 17.0 Å². The Morgan fingerprint density at radius 1 is 1.48 bits per heavy atom. The van der Waals surface area contributed by atoms with Gasteiger partial charge in [0, 0.05) is 30.1 Å². The Balaban J connectivity index is 0.00000264. The van der Waals surface area contributed by atoms with Crippen LogP contribution >= 0.6 is 24.0 Å². The summed E-state index contributed by atoms with van der Waals surface area (Å²) >= 11 is 6.07. The second kappa shape index (κ2) is 10.1. The van der Waals surface area contributed by atoms with Crippen LogP contribution in [-0.2, 0) is 11.3 Å². The Bertz CT molecular complexity index is 487. The summed E-state index contributed by atoms with van der Waals surface area (Å²) in [4.78, 5) is 14.2. The molecule has 1 saturated heterocycles. The number of nitrogens with zero attached hydrogens (tertiary/aromatic N) is 1. The van der Waals surface area contributed by atoms with Crippen molar-refractivity contribution in [3.05, 3.63) is 34.6 Å². The first-order chi connectivity index (χ1) is 10.6. The number of nitrogens with one attached hydrogen (secondary N) is 1. The summed E-state index contributed by atoms with van der Waals surface area (Å²) in [5.74, 6) is 0.332. The zero-order valence-corrected chi connectivity index (χ0v) is 15.1. The number of amides is 1. The molecule has 2 rings (SSSR count). The van der Waals surface area contributed by atoms with Crippen LogP contribution in [0.15, 0.2) is 18.2 Å². The Labute approximate surface area is 149 Å². The molecular weight excluding hydrogens is 338 g/mol. The molecule has 1 aliphatic rings. The molecule has 0 spiro atoms. The van der Waals surface area contributed by atoms with E-state index in [-0.39, 0.29) is 30.7 Å². The van der Waals surface area contributed by atoms with Gasteiger partial charge in [-0.2, -0.15) is 0 Å². The van der Waals surface area contributed by atoms with E-state index in [9.17, 15) is 9.18 Å². The quantitative estimate of drug-likeness (QED) is 0.793. The van der Waals surface area contributed by atoms with Crippen LogP contribution in [0.25, 0.3) is 0 Å². The zero-order chi connectivity index (χ0) is 15.9. The van der Waals surface area contributed by atoms with Crippen LogP contribution in [0, 0.1) is 11.7 Å². The summed E-state index contributed by atoms with van der Waals surface area (Å²) in [6, 6.07) is 4.64. The molecule has 1 unspecified atom stereocenters. The third-order valence-electron chi connectivity index (χ3n) is 4.19. The number of rotatable bonds is 7. The summed E-state index contributed by atoms with van der Waals surface area (Å²) in [6.07, 6.45) is 3.42. The van der Waals surface area contributed by atoms with Crippen LogP contribution in [0.3, 0.4) is 0 Å². The minimum Gasteiger partial charge on any atom is -0.338 e. The number of carbonyl (C=O) groups is 1. The summed E-state index contributed by atoms with van der Waals surface area (Å²) in [5.41, 5.74) is 0.411. The van der Waals surface area contributed by atoms with Gasteiger partial charge in [0.15, 0.2) is 0 Å². The topological polar surface area (TPSA) is 32.3 Å². The van der Waals surface area contributed by atoms with Crippen LogP contribution in [0.4, 0.5) is 4.39 Å². The third kappa shape index (κ3) is 5.94. The highest BCUT2D eigenvalue weighted by Gasteiger charge is 2.20. The van der Waals surface area contributed by atoms with E-state index in [1.165, 1.54) is 6.07 Å². The van der Waals surface area contributed by atoms with Crippen LogP contribution < -0.4 is 5.32 Å². The van der Waals surface area contributed by atoms with Gasteiger partial charge in [-0.3, -0.25) is 4.79 Å². The van der Waals surface area contributed by atoms with Crippen molar-refractivity contribution in [3.63, 3.8) is 0 Å². The highest BCUT2D eigenvalue weighted by Crippen LogP contribution is 2.22. The molecule has 1 aliphatic heterocycles. The first kappa shape index (κ1) is 20.2. The Morgan fingerprint density at radius 2 is 2.26 bits per heavy atom. The van der Waals surface area contributed by atoms with Gasteiger partial charge in [0.25, 0.3) is 0 Å². The van der Waals surface area contributed by atoms with Crippen LogP contribution in [-0.4, -0.2) is 30.4 Å². The van der Waals surface area contributed by atoms with E-state index in [0.29, 0.717) is 29.5 Å². The number of halogens is 3. The molecule has 0 radical (unpaired) electrons. The molecule has 1 atom stereocenters. The molecule has 1 N–H and O–H groups in total. The van der Waals surface area contributed by atoms with Gasteiger partial charge in [-0.25, -0.2) is 4.39 Å². The fraction of sp³-hybridized carbons (Fsp3) is 0.588. The molecule has 0 aliphatic carbocycles. The van der Waals surface area contributed by atoms with E-state index < -0.39 is 0 Å². The Morgan fingerprint density at radius 3 is 2.87 bits per heavy atom. The van der Waals surface area contributed by atoms with E-state index in [0.717, 1.165) is 32.4 Å². The maximum Gasteiger partial charge on any atom is 0.222 e. The summed E-state index contributed by atoms with van der Waals surface area (Å²) < 4.78 is 13.9. The number of hydrogen-bond donors (Lipinski definition) is 1. The molecule has 6 heteroatoms. The first-order valence-corrected chi connectivity index (χ1v) is 8.41. The van der Waals surface area contributed by atoms with Gasteiger partial charge in [0.1, 0.15) is 5.82 Å². The van der Waals surface area contributed by atoms with Crippen molar-refractivity contribution < 1.29 is 9.18 Å². The van der Waals surface area contributed by atoms with Crippen molar-refractivity contribution in [2.24, 2.45) is 5.92 Å². The maximum absolute atomic E-state index is 13.9. The zero-order valence-electron chi connectivity index (χ0n) is 13.5. The lowest BCUT2D eigenvalue weighted by molar-refractivity contribution is -0.132. The van der Waals surface area contributed by atoms with E-state index in [4.69, 9.17) is 11.6 Å². The van der Waals surface area contributed by atoms with E-state index in [1.807, 2.05) is 6.92 Å². The third-order valence-corrected chi connectivity index (χ3v) is 4.54. The average molecular weight is 363 g/mol. The molecule has 0 bridgehead atoms. The minimum absolute atomic E-state index is 0. The second-order valence-corrected chi connectivity index (χ2v) is 6.32. The molecule has 0 aromatic heterocycles. The average Bonchev–Trinajstić information content (AvgIpc) is 3.01. The van der Waals surface area contributed by atoms with Gasteiger partial charge in [0.2, 0.25) is 5.91 Å². The lowest BCUT2D eigenvalue weighted by Crippen LogP contribution is -2.32. The molecule has 130 valence electrons. The van der Waals surface area contributed by atoms with Gasteiger partial charge in [0.05, 0.1) is 0 Å². The van der Waals surface area contributed by atoms with Crippen molar-refractivity contribution in [2.75, 3.05) is 19.6 Å². The van der Waals surface area contributed by atoms with Crippen LogP contribution in [0.5, 0.6) is 0 Å². The lowest BCUT2D eigenvalue weighted by Gasteiger charge is -2.23. The molecule has 1 amide bonds. The molecule has 1 heterocycles. The first-order valence-electron chi connectivity index (χ1n) is 8.03. The molecule has 0 saturated carbocycles. The SMILES string of the molecule is CCCN(Cc1c(F)cccc1Cl)C(=O)CCC1CCNC1.Cl. The fourth-order valence-electron chi connectivity index (χ4n) is 2.88. The molecule has 1 fully saturated rings. The van der Waals surface area contributed by atoms with Crippen molar-refractivity contribution in [1.29, 1.82) is 0 Å². The Kier molecular flexibility index (Phi) is 8.88. The molecule has 23 heavy (non-hydrogen) atoms. The number of benzene rings is 1. The summed E-state index contributed by atoms with van der Waals surface area (Å²) in [5, 5.41) is 3.70. The fourth-order valence-corrected chi connectivity index (χ4v) is 3.11. The monoisotopic (exact) mass is 362 g/mol. The smallest absolute Gasteiger partial charge is 0.222 e. The molecule has 1 aromatic carbocycles. The maximum atomic E-state index is 13.9. The van der Waals surface area contributed by atoms with Gasteiger partial charge < -0.3 is 10.2 Å². The van der Waals surface area contributed by atoms with Crippen LogP contribution in [0.1, 0.15) is 38.2 Å². The highest BCUT2D eigenvalue weighted by atomic mass is 35.5. The predicted molar refractivity (Wildman–Crippen MR) is 94.6 cm³/mol. The highest BCUT2D eigenvalue weighted by molar-refractivity contribution is 6.31. The van der Waals surface area contributed by atoms with Gasteiger partial charge in [-0.15, -0.1) is 12.4 Å². The van der Waals surface area contributed by atoms with Crippen LogP contribution in [0.2, 0.25) is 5.02 Å². The van der Waals surface area contributed by atoms with Crippen molar-refractivity contribution in [2.45, 2.75) is 39.2 Å². The van der Waals surface area contributed by atoms with Crippen molar-refractivity contribution in [1.82, 2.24) is 10.2 Å². The van der Waals surface area contributed by atoms with Gasteiger partial charge in [-0.05, 0) is 50.4 Å². The number of hydrogen-bond acceptors (Lipinski definition) is 2. The lowest BCUT2D eigenvalue weighted by atomic mass is 10.0. The molecular formula is C17H25Cl2FN2O. The molecule has 3 nitrogen and oxygen atoms in total. The summed E-state index contributed by atoms with van der Waals surface area (Å²) in [7, 11) is 0. The Hall–Kier alpha value is -0.840. The predicted octanol–water partition coefficient (Wildman–Crippen LogP) is 4.03. The van der Waals surface area contributed by atoms with E-state index in [2.05, 4.69) is 5.32 Å². The molecule has 1 aromatic rings.